The van der Waals surface area contributed by atoms with Gasteiger partial charge in [0.05, 0.1) is 6.61 Å². The maximum absolute atomic E-state index is 12.4. The smallest absolute Gasteiger partial charge is 0.326 e. The lowest BCUT2D eigenvalue weighted by atomic mass is 10.0. The predicted octanol–water partition coefficient (Wildman–Crippen LogP) is -2.61. The lowest BCUT2D eigenvalue weighted by molar-refractivity contribution is -0.143. The summed E-state index contributed by atoms with van der Waals surface area (Å²) in [5.41, 5.74) is 5.34. The van der Waals surface area contributed by atoms with Gasteiger partial charge in [-0.1, -0.05) is 13.8 Å². The molecule has 160 valence electrons. The van der Waals surface area contributed by atoms with Gasteiger partial charge < -0.3 is 37.0 Å². The number of aliphatic hydroxyl groups excluding tert-OH is 1. The zero-order valence-corrected chi connectivity index (χ0v) is 16.0. The molecule has 12 heteroatoms. The maximum atomic E-state index is 12.4. The summed E-state index contributed by atoms with van der Waals surface area (Å²) in [6, 6.07) is -4.82. The summed E-state index contributed by atoms with van der Waals surface area (Å²) in [5, 5.41) is 33.5. The minimum absolute atomic E-state index is 0.319. The largest absolute Gasteiger partial charge is 0.481 e. The number of hydrogen-bond acceptors (Lipinski definition) is 7. The molecular weight excluding hydrogens is 376 g/mol. The molecule has 0 aromatic heterocycles. The zero-order chi connectivity index (χ0) is 22.0. The van der Waals surface area contributed by atoms with Crippen molar-refractivity contribution in [1.29, 1.82) is 0 Å². The fraction of sp³-hybridized carbons (Fsp3) is 0.688. The molecule has 0 aromatic carbocycles. The summed E-state index contributed by atoms with van der Waals surface area (Å²) in [7, 11) is 0. The van der Waals surface area contributed by atoms with Crippen molar-refractivity contribution in [2.75, 3.05) is 6.61 Å². The van der Waals surface area contributed by atoms with E-state index in [0.29, 0.717) is 0 Å². The van der Waals surface area contributed by atoms with E-state index in [1.165, 1.54) is 6.92 Å². The summed E-state index contributed by atoms with van der Waals surface area (Å²) in [6.45, 7) is 3.97. The van der Waals surface area contributed by atoms with Crippen LogP contribution in [0.25, 0.3) is 0 Å². The number of amides is 3. The van der Waals surface area contributed by atoms with Crippen LogP contribution in [0.15, 0.2) is 0 Å². The van der Waals surface area contributed by atoms with Crippen LogP contribution in [0.3, 0.4) is 0 Å². The van der Waals surface area contributed by atoms with Crippen molar-refractivity contribution in [3.8, 4) is 0 Å². The average molecular weight is 404 g/mol. The number of nitrogens with one attached hydrogen (secondary N) is 3. The molecule has 0 aliphatic heterocycles. The molecule has 0 bridgehead atoms. The van der Waals surface area contributed by atoms with Crippen LogP contribution in [0.2, 0.25) is 0 Å². The fourth-order valence-electron chi connectivity index (χ4n) is 2.07. The van der Waals surface area contributed by atoms with Gasteiger partial charge in [-0.2, -0.15) is 0 Å². The molecule has 0 rings (SSSR count). The standard InChI is InChI=1S/C16H28N4O8/c1-7(2)12(15(26)19-10(16(27)28)4-5-11(22)23)20-13(24)8(3)18-14(25)9(17)6-21/h7-10,12,21H,4-6,17H2,1-3H3,(H,18,25)(H,19,26)(H,20,24)(H,22,23)(H,27,28). The van der Waals surface area contributed by atoms with E-state index in [1.54, 1.807) is 13.8 Å². The highest BCUT2D eigenvalue weighted by atomic mass is 16.4. The van der Waals surface area contributed by atoms with E-state index in [1.807, 2.05) is 0 Å². The summed E-state index contributed by atoms with van der Waals surface area (Å²) in [4.78, 5) is 58.1. The number of aliphatic carboxylic acids is 2. The Kier molecular flexibility index (Phi) is 10.7. The highest BCUT2D eigenvalue weighted by Gasteiger charge is 2.30. The fourth-order valence-corrected chi connectivity index (χ4v) is 2.07. The number of carboxylic acid groups (broad SMARTS) is 2. The van der Waals surface area contributed by atoms with Crippen LogP contribution in [-0.2, 0) is 24.0 Å². The van der Waals surface area contributed by atoms with Crippen LogP contribution in [-0.4, -0.2) is 75.8 Å². The number of carboxylic acids is 2. The van der Waals surface area contributed by atoms with Gasteiger partial charge in [0.1, 0.15) is 24.2 Å². The first kappa shape index (κ1) is 25.3. The van der Waals surface area contributed by atoms with Gasteiger partial charge in [-0.3, -0.25) is 19.2 Å². The highest BCUT2D eigenvalue weighted by Crippen LogP contribution is 2.05. The number of aliphatic hydroxyl groups is 1. The molecule has 3 amide bonds. The topological polar surface area (TPSA) is 208 Å². The van der Waals surface area contributed by atoms with Crippen molar-refractivity contribution < 1.29 is 39.3 Å². The van der Waals surface area contributed by atoms with Gasteiger partial charge >= 0.3 is 11.9 Å². The highest BCUT2D eigenvalue weighted by molar-refractivity contribution is 5.94. The molecule has 0 spiro atoms. The minimum atomic E-state index is -1.43. The maximum Gasteiger partial charge on any atom is 0.326 e. The lowest BCUT2D eigenvalue weighted by Gasteiger charge is -2.25. The van der Waals surface area contributed by atoms with E-state index in [0.717, 1.165) is 0 Å². The van der Waals surface area contributed by atoms with Gasteiger partial charge in [0.2, 0.25) is 17.7 Å². The molecule has 0 fully saturated rings. The Balaban J connectivity index is 5.02. The van der Waals surface area contributed by atoms with E-state index in [4.69, 9.17) is 21.1 Å². The van der Waals surface area contributed by atoms with Crippen LogP contribution in [0.4, 0.5) is 0 Å². The first-order chi connectivity index (χ1) is 12.9. The molecule has 4 unspecified atom stereocenters. The van der Waals surface area contributed by atoms with Crippen LogP contribution < -0.4 is 21.7 Å². The van der Waals surface area contributed by atoms with Crippen LogP contribution in [0.5, 0.6) is 0 Å². The number of nitrogens with two attached hydrogens (primary N) is 1. The molecule has 12 nitrogen and oxygen atoms in total. The van der Waals surface area contributed by atoms with Crippen molar-refractivity contribution in [2.45, 2.75) is 57.8 Å². The monoisotopic (exact) mass is 404 g/mol. The second-order valence-corrected chi connectivity index (χ2v) is 6.58. The van der Waals surface area contributed by atoms with E-state index in [-0.39, 0.29) is 6.42 Å². The first-order valence-electron chi connectivity index (χ1n) is 8.62. The lowest BCUT2D eigenvalue weighted by Crippen LogP contribution is -2.58. The Bertz CT molecular complexity index is 595. The van der Waals surface area contributed by atoms with Crippen LogP contribution in [0, 0.1) is 5.92 Å². The zero-order valence-electron chi connectivity index (χ0n) is 16.0. The molecule has 0 heterocycles. The van der Waals surface area contributed by atoms with Gasteiger partial charge in [-0.25, -0.2) is 4.79 Å². The molecule has 0 radical (unpaired) electrons. The van der Waals surface area contributed by atoms with E-state index >= 15 is 0 Å². The second kappa shape index (κ2) is 11.9. The molecule has 0 saturated carbocycles. The van der Waals surface area contributed by atoms with Crippen molar-refractivity contribution in [3.05, 3.63) is 0 Å². The number of carbonyl (C=O) groups excluding carboxylic acids is 3. The van der Waals surface area contributed by atoms with Gasteiger partial charge in [-0.05, 0) is 19.3 Å². The molecule has 28 heavy (non-hydrogen) atoms. The summed E-state index contributed by atoms with van der Waals surface area (Å²) in [6.07, 6.45) is -0.773. The SMILES string of the molecule is CC(NC(=O)C(N)CO)C(=O)NC(C(=O)NC(CCC(=O)O)C(=O)O)C(C)C. The molecule has 0 saturated heterocycles. The molecule has 4 atom stereocenters. The Morgan fingerprint density at radius 3 is 1.89 bits per heavy atom. The van der Waals surface area contributed by atoms with Crippen LogP contribution >= 0.6 is 0 Å². The third kappa shape index (κ3) is 8.77. The van der Waals surface area contributed by atoms with Crippen molar-refractivity contribution in [3.63, 3.8) is 0 Å². The first-order valence-corrected chi connectivity index (χ1v) is 8.62. The molecule has 0 aliphatic rings. The van der Waals surface area contributed by atoms with E-state index in [2.05, 4.69) is 16.0 Å². The summed E-state index contributed by atoms with van der Waals surface area (Å²) >= 11 is 0. The second-order valence-electron chi connectivity index (χ2n) is 6.58. The van der Waals surface area contributed by atoms with Gasteiger partial charge in [0.15, 0.2) is 0 Å². The molecule has 8 N–H and O–H groups in total. The van der Waals surface area contributed by atoms with Crippen molar-refractivity contribution in [1.82, 2.24) is 16.0 Å². The van der Waals surface area contributed by atoms with Gasteiger partial charge in [0, 0.05) is 6.42 Å². The number of rotatable bonds is 12. The third-order valence-corrected chi connectivity index (χ3v) is 3.79. The predicted molar refractivity (Wildman–Crippen MR) is 95.9 cm³/mol. The molecular formula is C16H28N4O8. The van der Waals surface area contributed by atoms with E-state index in [9.17, 15) is 24.0 Å². The Labute approximate surface area is 161 Å². The third-order valence-electron chi connectivity index (χ3n) is 3.79. The Morgan fingerprint density at radius 2 is 1.46 bits per heavy atom. The van der Waals surface area contributed by atoms with E-state index < -0.39 is 72.8 Å². The van der Waals surface area contributed by atoms with Gasteiger partial charge in [0.25, 0.3) is 0 Å². The number of hydrogen-bond donors (Lipinski definition) is 7. The molecule has 0 aromatic rings. The van der Waals surface area contributed by atoms with Gasteiger partial charge in [-0.15, -0.1) is 0 Å². The normalized spacial score (nSPS) is 15.1. The average Bonchev–Trinajstić information content (AvgIpc) is 2.60. The summed E-state index contributed by atoms with van der Waals surface area (Å²) < 4.78 is 0. The quantitative estimate of drug-likeness (QED) is 0.181. The minimum Gasteiger partial charge on any atom is -0.481 e. The Hall–Kier alpha value is -2.73. The summed E-state index contributed by atoms with van der Waals surface area (Å²) in [5.74, 6) is -5.31. The van der Waals surface area contributed by atoms with Crippen LogP contribution in [0.1, 0.15) is 33.6 Å². The van der Waals surface area contributed by atoms with Crippen molar-refractivity contribution in [2.24, 2.45) is 11.7 Å². The molecule has 0 aliphatic carbocycles. The number of carbonyl (C=O) groups is 5. The van der Waals surface area contributed by atoms with Crippen molar-refractivity contribution >= 4 is 29.7 Å². The Morgan fingerprint density at radius 1 is 0.893 bits per heavy atom.